The molecule has 6 heteroatoms. The lowest BCUT2D eigenvalue weighted by molar-refractivity contribution is -0.119. The summed E-state index contributed by atoms with van der Waals surface area (Å²) in [5.74, 6) is 0.780. The first-order valence-corrected chi connectivity index (χ1v) is 7.80. The van der Waals surface area contributed by atoms with E-state index in [0.29, 0.717) is 13.0 Å². The van der Waals surface area contributed by atoms with E-state index in [1.807, 2.05) is 17.0 Å². The van der Waals surface area contributed by atoms with E-state index in [9.17, 15) is 4.79 Å². The molecule has 1 amide bonds. The van der Waals surface area contributed by atoms with Crippen LogP contribution in [0.25, 0.3) is 0 Å². The Morgan fingerprint density at radius 3 is 2.71 bits per heavy atom. The van der Waals surface area contributed by atoms with Gasteiger partial charge in [-0.15, -0.1) is 0 Å². The minimum atomic E-state index is -0.354. The summed E-state index contributed by atoms with van der Waals surface area (Å²) in [7, 11) is 0. The summed E-state index contributed by atoms with van der Waals surface area (Å²) in [6, 6.07) is 7.80. The Bertz CT molecular complexity index is 667. The molecule has 0 saturated heterocycles. The lowest BCUT2D eigenvalue weighted by atomic mass is 9.94. The summed E-state index contributed by atoms with van der Waals surface area (Å²) in [5.41, 5.74) is 8.00. The molecular weight excluding hydrogens is 284 g/mol. The fourth-order valence-corrected chi connectivity index (χ4v) is 3.41. The molecule has 1 atom stereocenters. The number of nitrogens with two attached hydrogens (primary N) is 1. The highest BCUT2D eigenvalue weighted by Gasteiger charge is 2.32. The van der Waals surface area contributed by atoms with Crippen molar-refractivity contribution in [1.82, 2.24) is 9.36 Å². The van der Waals surface area contributed by atoms with Crippen LogP contribution in [0.1, 0.15) is 36.7 Å². The van der Waals surface area contributed by atoms with Gasteiger partial charge < -0.3 is 10.6 Å². The molecule has 2 aromatic rings. The average molecular weight is 302 g/mol. The Labute approximate surface area is 128 Å². The maximum Gasteiger partial charge on any atom is 0.240 e. The van der Waals surface area contributed by atoms with Gasteiger partial charge in [0.15, 0.2) is 0 Å². The summed E-state index contributed by atoms with van der Waals surface area (Å²) in [6.45, 7) is 4.77. The van der Waals surface area contributed by atoms with Gasteiger partial charge in [-0.25, -0.2) is 4.98 Å². The molecule has 1 aliphatic heterocycles. The number of primary amides is 1. The van der Waals surface area contributed by atoms with Gasteiger partial charge >= 0.3 is 0 Å². The Morgan fingerprint density at radius 1 is 1.38 bits per heavy atom. The zero-order valence-electron chi connectivity index (χ0n) is 12.1. The lowest BCUT2D eigenvalue weighted by Gasteiger charge is -2.34. The predicted molar refractivity (Wildman–Crippen MR) is 83.3 cm³/mol. The SMILES string of the molecule is CC(C)c1nsc(N2Cc3ccccc3C[C@@H]2C(N)=O)n1. The molecule has 1 aromatic heterocycles. The van der Waals surface area contributed by atoms with Gasteiger partial charge in [0, 0.05) is 30.4 Å². The van der Waals surface area contributed by atoms with Crippen LogP contribution < -0.4 is 10.6 Å². The van der Waals surface area contributed by atoms with Crippen molar-refractivity contribution < 1.29 is 4.79 Å². The monoisotopic (exact) mass is 302 g/mol. The first-order chi connectivity index (χ1) is 10.1. The van der Waals surface area contributed by atoms with Crippen LogP contribution in [0.15, 0.2) is 24.3 Å². The molecule has 3 rings (SSSR count). The zero-order valence-corrected chi connectivity index (χ0v) is 12.9. The molecular formula is C15H18N4OS. The van der Waals surface area contributed by atoms with Crippen LogP contribution in [0.2, 0.25) is 0 Å². The highest BCUT2D eigenvalue weighted by molar-refractivity contribution is 7.09. The van der Waals surface area contributed by atoms with Gasteiger partial charge in [-0.2, -0.15) is 4.37 Å². The molecule has 2 N–H and O–H groups in total. The van der Waals surface area contributed by atoms with Crippen molar-refractivity contribution in [3.63, 3.8) is 0 Å². The number of hydrogen-bond acceptors (Lipinski definition) is 5. The smallest absolute Gasteiger partial charge is 0.240 e. The van der Waals surface area contributed by atoms with Crippen molar-refractivity contribution in [2.24, 2.45) is 5.73 Å². The number of hydrogen-bond donors (Lipinski definition) is 1. The molecule has 5 nitrogen and oxygen atoms in total. The largest absolute Gasteiger partial charge is 0.368 e. The first-order valence-electron chi connectivity index (χ1n) is 7.02. The van der Waals surface area contributed by atoms with Crippen molar-refractivity contribution in [2.45, 2.75) is 38.8 Å². The lowest BCUT2D eigenvalue weighted by Crippen LogP contribution is -2.48. The van der Waals surface area contributed by atoms with Crippen LogP contribution in [-0.4, -0.2) is 21.3 Å². The van der Waals surface area contributed by atoms with Gasteiger partial charge in [-0.3, -0.25) is 4.79 Å². The van der Waals surface area contributed by atoms with E-state index in [1.54, 1.807) is 0 Å². The van der Waals surface area contributed by atoms with Crippen molar-refractivity contribution >= 4 is 22.6 Å². The number of nitrogens with zero attached hydrogens (tertiary/aromatic N) is 3. The molecule has 2 heterocycles. The van der Waals surface area contributed by atoms with Crippen LogP contribution in [0, 0.1) is 0 Å². The van der Waals surface area contributed by atoms with E-state index < -0.39 is 0 Å². The Balaban J connectivity index is 1.97. The van der Waals surface area contributed by atoms with Crippen molar-refractivity contribution in [3.8, 4) is 0 Å². The summed E-state index contributed by atoms with van der Waals surface area (Å²) < 4.78 is 4.38. The summed E-state index contributed by atoms with van der Waals surface area (Å²) in [6.07, 6.45) is 0.627. The van der Waals surface area contributed by atoms with Crippen LogP contribution in [0.3, 0.4) is 0 Å². The van der Waals surface area contributed by atoms with E-state index in [2.05, 4.69) is 35.3 Å². The maximum atomic E-state index is 11.8. The maximum absolute atomic E-state index is 11.8. The number of carbonyl (C=O) groups excluding carboxylic acids is 1. The second-order valence-electron chi connectivity index (χ2n) is 5.61. The molecule has 0 spiro atoms. The Hall–Kier alpha value is -1.95. The number of fused-ring (bicyclic) bond motifs is 1. The third-order valence-electron chi connectivity index (χ3n) is 3.77. The number of carbonyl (C=O) groups is 1. The van der Waals surface area contributed by atoms with Gasteiger partial charge in [-0.1, -0.05) is 38.1 Å². The van der Waals surface area contributed by atoms with E-state index in [-0.39, 0.29) is 17.9 Å². The van der Waals surface area contributed by atoms with Gasteiger partial charge in [0.2, 0.25) is 11.0 Å². The van der Waals surface area contributed by atoms with Crippen molar-refractivity contribution in [2.75, 3.05) is 4.90 Å². The molecule has 0 unspecified atom stereocenters. The number of aromatic nitrogens is 2. The molecule has 21 heavy (non-hydrogen) atoms. The topological polar surface area (TPSA) is 72.1 Å². The third-order valence-corrected chi connectivity index (χ3v) is 4.54. The molecule has 0 radical (unpaired) electrons. The van der Waals surface area contributed by atoms with E-state index in [4.69, 9.17) is 5.73 Å². The normalized spacial score (nSPS) is 17.9. The minimum Gasteiger partial charge on any atom is -0.368 e. The summed E-state index contributed by atoms with van der Waals surface area (Å²) in [5, 5.41) is 0.775. The van der Waals surface area contributed by atoms with Crippen LogP contribution in [0.5, 0.6) is 0 Å². The number of anilines is 1. The second kappa shape index (κ2) is 5.44. The molecule has 0 saturated carbocycles. The number of rotatable bonds is 3. The molecule has 1 aliphatic rings. The second-order valence-corrected chi connectivity index (χ2v) is 6.34. The molecule has 0 bridgehead atoms. The van der Waals surface area contributed by atoms with E-state index >= 15 is 0 Å². The molecule has 110 valence electrons. The Kier molecular flexibility index (Phi) is 3.63. The van der Waals surface area contributed by atoms with Crippen molar-refractivity contribution in [3.05, 3.63) is 41.2 Å². The van der Waals surface area contributed by atoms with Gasteiger partial charge in [0.05, 0.1) is 0 Å². The van der Waals surface area contributed by atoms with E-state index in [1.165, 1.54) is 22.7 Å². The summed E-state index contributed by atoms with van der Waals surface area (Å²) >= 11 is 1.34. The highest BCUT2D eigenvalue weighted by atomic mass is 32.1. The van der Waals surface area contributed by atoms with Crippen molar-refractivity contribution in [1.29, 1.82) is 0 Å². The fourth-order valence-electron chi connectivity index (χ4n) is 2.56. The quantitative estimate of drug-likeness (QED) is 0.942. The highest BCUT2D eigenvalue weighted by Crippen LogP contribution is 2.30. The first kappa shape index (κ1) is 14.0. The van der Waals surface area contributed by atoms with Crippen LogP contribution >= 0.6 is 11.5 Å². The van der Waals surface area contributed by atoms with E-state index in [0.717, 1.165) is 11.0 Å². The number of amides is 1. The van der Waals surface area contributed by atoms with Crippen LogP contribution in [0.4, 0.5) is 5.13 Å². The Morgan fingerprint density at radius 2 is 2.10 bits per heavy atom. The van der Waals surface area contributed by atoms with Gasteiger partial charge in [0.25, 0.3) is 0 Å². The fraction of sp³-hybridized carbons (Fsp3) is 0.400. The van der Waals surface area contributed by atoms with Gasteiger partial charge in [-0.05, 0) is 11.1 Å². The molecule has 1 aromatic carbocycles. The van der Waals surface area contributed by atoms with Gasteiger partial charge in [0.1, 0.15) is 11.9 Å². The predicted octanol–water partition coefficient (Wildman–Crippen LogP) is 2.08. The minimum absolute atomic E-state index is 0.277. The third kappa shape index (κ3) is 2.63. The zero-order chi connectivity index (χ0) is 15.0. The molecule has 0 fully saturated rings. The van der Waals surface area contributed by atoms with Crippen LogP contribution in [-0.2, 0) is 17.8 Å². The standard InChI is InChI=1S/C15H18N4OS/c1-9(2)14-17-15(21-18-14)19-8-11-6-4-3-5-10(11)7-12(19)13(16)20/h3-6,9,12H,7-8H2,1-2H3,(H2,16,20)/t12-/m1/s1. The number of benzene rings is 1. The average Bonchev–Trinajstić information content (AvgIpc) is 2.95. The summed E-state index contributed by atoms with van der Waals surface area (Å²) in [4.78, 5) is 18.4. The molecule has 0 aliphatic carbocycles.